The van der Waals surface area contributed by atoms with Crippen molar-refractivity contribution in [3.63, 3.8) is 0 Å². The van der Waals surface area contributed by atoms with Crippen LogP contribution in [-0.2, 0) is 0 Å². The number of amides is 2. The van der Waals surface area contributed by atoms with Crippen LogP contribution in [0.2, 0.25) is 0 Å². The quantitative estimate of drug-likeness (QED) is 0.504. The number of nitrogens with zero attached hydrogens (tertiary/aromatic N) is 1. The van der Waals surface area contributed by atoms with E-state index >= 15 is 0 Å². The third-order valence-corrected chi connectivity index (χ3v) is 4.65. The molecule has 0 saturated carbocycles. The molecule has 0 unspecified atom stereocenters. The molecular formula is C22H19N3O5. The molecule has 0 spiro atoms. The van der Waals surface area contributed by atoms with Crippen molar-refractivity contribution in [2.24, 2.45) is 0 Å². The molecule has 0 aliphatic heterocycles. The first-order valence-electron chi connectivity index (χ1n) is 9.19. The summed E-state index contributed by atoms with van der Waals surface area (Å²) in [4.78, 5) is 25.8. The maximum atomic E-state index is 12.9. The third kappa shape index (κ3) is 3.50. The van der Waals surface area contributed by atoms with Crippen molar-refractivity contribution < 1.29 is 23.3 Å². The lowest BCUT2D eigenvalue weighted by Crippen LogP contribution is -2.18. The number of anilines is 2. The summed E-state index contributed by atoms with van der Waals surface area (Å²) in [6, 6.07) is 14.0. The number of furan rings is 1. The van der Waals surface area contributed by atoms with Crippen molar-refractivity contribution in [3.05, 3.63) is 71.3 Å². The van der Waals surface area contributed by atoms with Crippen molar-refractivity contribution in [2.75, 3.05) is 17.7 Å². The molecule has 4 aromatic rings. The van der Waals surface area contributed by atoms with Gasteiger partial charge in [-0.05, 0) is 50.2 Å². The molecule has 0 aliphatic rings. The summed E-state index contributed by atoms with van der Waals surface area (Å²) in [5.41, 5.74) is 2.10. The Morgan fingerprint density at radius 2 is 1.70 bits per heavy atom. The Bertz CT molecular complexity index is 1220. The highest BCUT2D eigenvalue weighted by atomic mass is 16.5. The second kappa shape index (κ2) is 7.75. The van der Waals surface area contributed by atoms with Crippen LogP contribution in [0, 0.1) is 13.8 Å². The minimum atomic E-state index is -0.495. The van der Waals surface area contributed by atoms with Crippen LogP contribution in [0.15, 0.2) is 57.5 Å². The highest BCUT2D eigenvalue weighted by molar-refractivity contribution is 6.17. The molecule has 152 valence electrons. The van der Waals surface area contributed by atoms with E-state index < -0.39 is 11.8 Å². The number of hydrogen-bond donors (Lipinski definition) is 2. The summed E-state index contributed by atoms with van der Waals surface area (Å²) in [6.07, 6.45) is 0. The Morgan fingerprint density at radius 1 is 0.967 bits per heavy atom. The summed E-state index contributed by atoms with van der Waals surface area (Å²) in [6.45, 7) is 3.33. The Labute approximate surface area is 171 Å². The van der Waals surface area contributed by atoms with Crippen molar-refractivity contribution in [1.82, 2.24) is 5.16 Å². The second-order valence-corrected chi connectivity index (χ2v) is 6.64. The van der Waals surface area contributed by atoms with Gasteiger partial charge in [0, 0.05) is 11.1 Å². The Hall–Kier alpha value is -4.07. The number of rotatable bonds is 5. The number of para-hydroxylation sites is 1. The summed E-state index contributed by atoms with van der Waals surface area (Å²) in [5.74, 6) is 0.125. The molecule has 2 aromatic carbocycles. The molecule has 2 N–H and O–H groups in total. The smallest absolute Gasteiger partial charge is 0.293 e. The maximum Gasteiger partial charge on any atom is 0.293 e. The van der Waals surface area contributed by atoms with E-state index in [-0.39, 0.29) is 11.4 Å². The molecule has 0 atom stereocenters. The fraction of sp³-hybridized carbons (Fsp3) is 0.136. The van der Waals surface area contributed by atoms with E-state index in [9.17, 15) is 9.59 Å². The third-order valence-electron chi connectivity index (χ3n) is 4.65. The summed E-state index contributed by atoms with van der Waals surface area (Å²) >= 11 is 0. The van der Waals surface area contributed by atoms with Gasteiger partial charge >= 0.3 is 0 Å². The van der Waals surface area contributed by atoms with Gasteiger partial charge < -0.3 is 24.3 Å². The second-order valence-electron chi connectivity index (χ2n) is 6.64. The van der Waals surface area contributed by atoms with Crippen molar-refractivity contribution >= 4 is 34.2 Å². The van der Waals surface area contributed by atoms with E-state index in [4.69, 9.17) is 13.7 Å². The number of aryl methyl sites for hydroxylation is 2. The zero-order chi connectivity index (χ0) is 21.3. The largest absolute Gasteiger partial charge is 0.497 e. The van der Waals surface area contributed by atoms with Gasteiger partial charge in [-0.25, -0.2) is 0 Å². The number of methoxy groups -OCH3 is 1. The van der Waals surface area contributed by atoms with Gasteiger partial charge in [-0.2, -0.15) is 0 Å². The van der Waals surface area contributed by atoms with Crippen molar-refractivity contribution in [1.29, 1.82) is 0 Å². The highest BCUT2D eigenvalue weighted by Gasteiger charge is 2.25. The summed E-state index contributed by atoms with van der Waals surface area (Å²) in [5, 5.41) is 9.98. The molecule has 0 aliphatic carbocycles. The van der Waals surface area contributed by atoms with E-state index in [2.05, 4.69) is 15.8 Å². The number of hydrogen-bond acceptors (Lipinski definition) is 6. The average molecular weight is 405 g/mol. The molecule has 0 saturated heterocycles. The minimum Gasteiger partial charge on any atom is -0.497 e. The van der Waals surface area contributed by atoms with E-state index in [0.717, 1.165) is 0 Å². The fourth-order valence-corrected chi connectivity index (χ4v) is 3.17. The number of nitrogens with one attached hydrogen (secondary N) is 2. The molecule has 0 fully saturated rings. The summed E-state index contributed by atoms with van der Waals surface area (Å²) < 4.78 is 16.0. The van der Waals surface area contributed by atoms with Crippen LogP contribution in [0.3, 0.4) is 0 Å². The zero-order valence-electron chi connectivity index (χ0n) is 16.6. The van der Waals surface area contributed by atoms with Gasteiger partial charge in [0.15, 0.2) is 0 Å². The van der Waals surface area contributed by atoms with Gasteiger partial charge in [0.05, 0.1) is 12.8 Å². The lowest BCUT2D eigenvalue weighted by atomic mass is 10.1. The minimum absolute atomic E-state index is 0.00729. The SMILES string of the molecule is COc1ccc(NC(=O)c2oc3ccccc3c2NC(=O)c2c(C)noc2C)cc1. The number of aromatic nitrogens is 1. The predicted molar refractivity (Wildman–Crippen MR) is 111 cm³/mol. The number of ether oxygens (including phenoxy) is 1. The van der Waals surface area contributed by atoms with Crippen LogP contribution in [0.5, 0.6) is 5.75 Å². The first-order chi connectivity index (χ1) is 14.5. The number of fused-ring (bicyclic) bond motifs is 1. The van der Waals surface area contributed by atoms with Crippen molar-refractivity contribution in [2.45, 2.75) is 13.8 Å². The maximum absolute atomic E-state index is 12.9. The number of benzene rings is 2. The summed E-state index contributed by atoms with van der Waals surface area (Å²) in [7, 11) is 1.57. The van der Waals surface area contributed by atoms with Crippen LogP contribution in [0.25, 0.3) is 11.0 Å². The van der Waals surface area contributed by atoms with E-state index in [0.29, 0.717) is 39.4 Å². The van der Waals surface area contributed by atoms with Gasteiger partial charge in [0.25, 0.3) is 11.8 Å². The Balaban J connectivity index is 1.69. The van der Waals surface area contributed by atoms with Crippen LogP contribution in [-0.4, -0.2) is 24.1 Å². The van der Waals surface area contributed by atoms with Gasteiger partial charge in [-0.3, -0.25) is 9.59 Å². The van der Waals surface area contributed by atoms with E-state index in [1.807, 2.05) is 0 Å². The molecular weight excluding hydrogens is 386 g/mol. The highest BCUT2D eigenvalue weighted by Crippen LogP contribution is 2.32. The molecule has 2 heterocycles. The van der Waals surface area contributed by atoms with Gasteiger partial charge in [-0.15, -0.1) is 0 Å². The van der Waals surface area contributed by atoms with Gasteiger partial charge in [0.2, 0.25) is 5.76 Å². The van der Waals surface area contributed by atoms with E-state index in [1.54, 1.807) is 69.5 Å². The first-order valence-corrected chi connectivity index (χ1v) is 9.19. The van der Waals surface area contributed by atoms with Gasteiger partial charge in [-0.1, -0.05) is 17.3 Å². The van der Waals surface area contributed by atoms with Crippen LogP contribution < -0.4 is 15.4 Å². The van der Waals surface area contributed by atoms with Gasteiger partial charge in [0.1, 0.15) is 28.3 Å². The molecule has 8 heteroatoms. The molecule has 2 amide bonds. The standard InChI is InChI=1S/C22H19N3O5/c1-12-18(13(2)30-25-12)21(26)24-19-16-6-4-5-7-17(16)29-20(19)22(27)23-14-8-10-15(28-3)11-9-14/h4-11H,1-3H3,(H,23,27)(H,24,26). The number of carbonyl (C=O) groups is 2. The monoisotopic (exact) mass is 405 g/mol. The lowest BCUT2D eigenvalue weighted by Gasteiger charge is -2.08. The van der Waals surface area contributed by atoms with Crippen LogP contribution in [0.4, 0.5) is 11.4 Å². The number of carbonyl (C=O) groups excluding carboxylic acids is 2. The molecule has 4 rings (SSSR count). The lowest BCUT2D eigenvalue weighted by molar-refractivity contribution is 0.0999. The van der Waals surface area contributed by atoms with Crippen molar-refractivity contribution in [3.8, 4) is 5.75 Å². The predicted octanol–water partition coefficient (Wildman–Crippen LogP) is 4.55. The van der Waals surface area contributed by atoms with E-state index in [1.165, 1.54) is 0 Å². The molecule has 0 radical (unpaired) electrons. The topological polar surface area (TPSA) is 107 Å². The normalized spacial score (nSPS) is 10.8. The van der Waals surface area contributed by atoms with Crippen LogP contribution in [0.1, 0.15) is 32.4 Å². The zero-order valence-corrected chi connectivity index (χ0v) is 16.6. The first kappa shape index (κ1) is 19.3. The average Bonchev–Trinajstić information content (AvgIpc) is 3.28. The fourth-order valence-electron chi connectivity index (χ4n) is 3.17. The molecule has 8 nitrogen and oxygen atoms in total. The molecule has 2 aromatic heterocycles. The Kier molecular flexibility index (Phi) is 4.97. The van der Waals surface area contributed by atoms with Crippen LogP contribution >= 0.6 is 0 Å². The molecule has 30 heavy (non-hydrogen) atoms. The molecule has 0 bridgehead atoms. The Morgan fingerprint density at radius 3 is 2.37 bits per heavy atom.